The largest absolute Gasteiger partial charge is 0.389 e. The van der Waals surface area contributed by atoms with Gasteiger partial charge in [-0.3, -0.25) is 0 Å². The lowest BCUT2D eigenvalue weighted by atomic mass is 9.87. The summed E-state index contributed by atoms with van der Waals surface area (Å²) in [4.78, 5) is 2.22. The molecule has 0 aliphatic heterocycles. The van der Waals surface area contributed by atoms with E-state index in [-0.39, 0.29) is 5.41 Å². The van der Waals surface area contributed by atoms with Crippen LogP contribution in [0.15, 0.2) is 18.2 Å². The highest BCUT2D eigenvalue weighted by atomic mass is 35.5. The molecule has 0 heterocycles. The zero-order valence-corrected chi connectivity index (χ0v) is 12.9. The molecule has 0 aliphatic rings. The first-order chi connectivity index (χ1) is 8.14. The van der Waals surface area contributed by atoms with Crippen molar-refractivity contribution in [1.29, 1.82) is 0 Å². The van der Waals surface area contributed by atoms with Crippen LogP contribution in [-0.2, 0) is 0 Å². The Labute approximate surface area is 116 Å². The Bertz CT molecular complexity index is 409. The zero-order chi connectivity index (χ0) is 14.1. The SMILES string of the molecule is CC(O)c1ccc(N(C)C(C)C(C)(C)C)cc1Cl. The lowest BCUT2D eigenvalue weighted by molar-refractivity contribution is 0.199. The Balaban J connectivity index is 3.02. The van der Waals surface area contributed by atoms with E-state index < -0.39 is 6.10 Å². The van der Waals surface area contributed by atoms with Crippen LogP contribution in [0.3, 0.4) is 0 Å². The highest BCUT2D eigenvalue weighted by Crippen LogP contribution is 2.31. The van der Waals surface area contributed by atoms with Crippen LogP contribution in [0.2, 0.25) is 5.02 Å². The van der Waals surface area contributed by atoms with Crippen molar-refractivity contribution in [3.8, 4) is 0 Å². The number of aliphatic hydroxyl groups excluding tert-OH is 1. The summed E-state index contributed by atoms with van der Waals surface area (Å²) in [5.74, 6) is 0. The number of hydrogen-bond acceptors (Lipinski definition) is 2. The maximum absolute atomic E-state index is 9.57. The molecule has 0 radical (unpaired) electrons. The molecule has 18 heavy (non-hydrogen) atoms. The van der Waals surface area contributed by atoms with Gasteiger partial charge in [0, 0.05) is 23.8 Å². The van der Waals surface area contributed by atoms with Gasteiger partial charge in [0.1, 0.15) is 0 Å². The average Bonchev–Trinajstić information content (AvgIpc) is 2.25. The summed E-state index contributed by atoms with van der Waals surface area (Å²) in [6.45, 7) is 10.6. The molecule has 2 nitrogen and oxygen atoms in total. The molecule has 102 valence electrons. The van der Waals surface area contributed by atoms with Gasteiger partial charge in [0.2, 0.25) is 0 Å². The third-order valence-corrected chi connectivity index (χ3v) is 4.00. The van der Waals surface area contributed by atoms with Crippen LogP contribution < -0.4 is 4.90 Å². The molecule has 1 rings (SSSR count). The Hall–Kier alpha value is -0.730. The van der Waals surface area contributed by atoms with Gasteiger partial charge in [0.25, 0.3) is 0 Å². The van der Waals surface area contributed by atoms with E-state index in [4.69, 9.17) is 11.6 Å². The van der Waals surface area contributed by atoms with Gasteiger partial charge in [-0.25, -0.2) is 0 Å². The second-order valence-electron chi connectivity index (χ2n) is 6.03. The fraction of sp³-hybridized carbons (Fsp3) is 0.600. The van der Waals surface area contributed by atoms with E-state index in [1.165, 1.54) is 0 Å². The standard InChI is InChI=1S/C15H24ClNO/c1-10(18)13-8-7-12(9-14(13)16)17(6)11(2)15(3,4)5/h7-11,18H,1-6H3. The van der Waals surface area contributed by atoms with Gasteiger partial charge >= 0.3 is 0 Å². The summed E-state index contributed by atoms with van der Waals surface area (Å²) in [7, 11) is 2.07. The van der Waals surface area contributed by atoms with Crippen LogP contribution in [0.25, 0.3) is 0 Å². The highest BCUT2D eigenvalue weighted by Gasteiger charge is 2.24. The molecule has 0 fully saturated rings. The molecule has 1 aromatic rings. The molecule has 1 aromatic carbocycles. The van der Waals surface area contributed by atoms with Crippen molar-refractivity contribution in [2.75, 3.05) is 11.9 Å². The van der Waals surface area contributed by atoms with Crippen LogP contribution in [-0.4, -0.2) is 18.2 Å². The molecule has 2 atom stereocenters. The molecule has 0 aromatic heterocycles. The Kier molecular flexibility index (Phi) is 4.68. The average molecular weight is 270 g/mol. The van der Waals surface area contributed by atoms with Gasteiger partial charge in [0.15, 0.2) is 0 Å². The number of hydrogen-bond donors (Lipinski definition) is 1. The zero-order valence-electron chi connectivity index (χ0n) is 12.2. The number of aliphatic hydroxyl groups is 1. The van der Waals surface area contributed by atoms with Gasteiger partial charge in [-0.05, 0) is 37.0 Å². The quantitative estimate of drug-likeness (QED) is 0.886. The maximum Gasteiger partial charge on any atom is 0.0776 e. The highest BCUT2D eigenvalue weighted by molar-refractivity contribution is 6.31. The molecule has 0 aliphatic carbocycles. The summed E-state index contributed by atoms with van der Waals surface area (Å²) in [5.41, 5.74) is 2.05. The normalized spacial score (nSPS) is 15.3. The van der Waals surface area contributed by atoms with Crippen LogP contribution in [0.1, 0.15) is 46.3 Å². The first-order valence-electron chi connectivity index (χ1n) is 6.35. The Morgan fingerprint density at radius 2 is 1.78 bits per heavy atom. The minimum atomic E-state index is -0.531. The number of anilines is 1. The van der Waals surface area contributed by atoms with Gasteiger partial charge in [-0.1, -0.05) is 38.4 Å². The van der Waals surface area contributed by atoms with E-state index in [1.54, 1.807) is 6.92 Å². The summed E-state index contributed by atoms with van der Waals surface area (Å²) >= 11 is 6.20. The van der Waals surface area contributed by atoms with Crippen molar-refractivity contribution < 1.29 is 5.11 Å². The maximum atomic E-state index is 9.57. The second kappa shape index (κ2) is 5.50. The summed E-state index contributed by atoms with van der Waals surface area (Å²) in [5, 5.41) is 10.2. The van der Waals surface area contributed by atoms with Gasteiger partial charge in [-0.15, -0.1) is 0 Å². The monoisotopic (exact) mass is 269 g/mol. The number of benzene rings is 1. The Morgan fingerprint density at radius 3 is 2.17 bits per heavy atom. The number of nitrogens with zero attached hydrogens (tertiary/aromatic N) is 1. The predicted octanol–water partition coefficient (Wildman–Crippen LogP) is 4.26. The second-order valence-corrected chi connectivity index (χ2v) is 6.44. The van der Waals surface area contributed by atoms with Crippen molar-refractivity contribution in [1.82, 2.24) is 0 Å². The molecule has 0 amide bonds. The minimum absolute atomic E-state index is 0.199. The fourth-order valence-electron chi connectivity index (χ4n) is 1.88. The van der Waals surface area contributed by atoms with E-state index in [2.05, 4.69) is 39.6 Å². The molecular weight excluding hydrogens is 246 g/mol. The lowest BCUT2D eigenvalue weighted by Crippen LogP contribution is -2.39. The Morgan fingerprint density at radius 1 is 1.22 bits per heavy atom. The van der Waals surface area contributed by atoms with Crippen LogP contribution >= 0.6 is 11.6 Å². The fourth-order valence-corrected chi connectivity index (χ4v) is 2.21. The topological polar surface area (TPSA) is 23.5 Å². The summed E-state index contributed by atoms with van der Waals surface area (Å²) < 4.78 is 0. The predicted molar refractivity (Wildman–Crippen MR) is 79.4 cm³/mol. The molecular formula is C15H24ClNO. The first kappa shape index (κ1) is 15.3. The van der Waals surface area contributed by atoms with E-state index in [0.717, 1.165) is 11.3 Å². The molecule has 0 bridgehead atoms. The van der Waals surface area contributed by atoms with Crippen molar-refractivity contribution in [3.63, 3.8) is 0 Å². The molecule has 3 heteroatoms. The number of rotatable bonds is 3. The third-order valence-electron chi connectivity index (χ3n) is 3.68. The summed E-state index contributed by atoms with van der Waals surface area (Å²) in [6.07, 6.45) is -0.531. The van der Waals surface area contributed by atoms with E-state index in [9.17, 15) is 5.11 Å². The van der Waals surface area contributed by atoms with Gasteiger partial charge in [0.05, 0.1) is 6.10 Å². The molecule has 0 saturated heterocycles. The van der Waals surface area contributed by atoms with E-state index in [0.29, 0.717) is 11.1 Å². The smallest absolute Gasteiger partial charge is 0.0776 e. The van der Waals surface area contributed by atoms with Crippen LogP contribution in [0.4, 0.5) is 5.69 Å². The van der Waals surface area contributed by atoms with Crippen LogP contribution in [0.5, 0.6) is 0 Å². The van der Waals surface area contributed by atoms with Crippen molar-refractivity contribution in [2.45, 2.75) is 46.8 Å². The van der Waals surface area contributed by atoms with Gasteiger partial charge < -0.3 is 10.0 Å². The third kappa shape index (κ3) is 3.39. The molecule has 1 N–H and O–H groups in total. The van der Waals surface area contributed by atoms with Crippen molar-refractivity contribution in [3.05, 3.63) is 28.8 Å². The molecule has 0 spiro atoms. The first-order valence-corrected chi connectivity index (χ1v) is 6.72. The van der Waals surface area contributed by atoms with E-state index >= 15 is 0 Å². The number of halogens is 1. The van der Waals surface area contributed by atoms with Crippen LogP contribution in [0, 0.1) is 5.41 Å². The van der Waals surface area contributed by atoms with Crippen molar-refractivity contribution >= 4 is 17.3 Å². The molecule has 2 unspecified atom stereocenters. The minimum Gasteiger partial charge on any atom is -0.389 e. The lowest BCUT2D eigenvalue weighted by Gasteiger charge is -2.37. The summed E-state index contributed by atoms with van der Waals surface area (Å²) in [6, 6.07) is 6.22. The molecule has 0 saturated carbocycles. The van der Waals surface area contributed by atoms with Gasteiger partial charge in [-0.2, -0.15) is 0 Å². The van der Waals surface area contributed by atoms with Crippen molar-refractivity contribution in [2.24, 2.45) is 5.41 Å². The van der Waals surface area contributed by atoms with E-state index in [1.807, 2.05) is 18.2 Å².